The van der Waals surface area contributed by atoms with Crippen LogP contribution < -0.4 is 5.32 Å². The number of nitrogens with one attached hydrogen (secondary N) is 2. The zero-order valence-corrected chi connectivity index (χ0v) is 16.8. The molecule has 1 aliphatic heterocycles. The molecule has 150 valence electrons. The third-order valence-corrected chi connectivity index (χ3v) is 5.04. The molecule has 0 aliphatic carbocycles. The Morgan fingerprint density at radius 3 is 2.79 bits per heavy atom. The molecule has 4 rings (SSSR count). The number of aliphatic imine (C=N–C) groups is 1. The molecule has 2 N–H and O–H groups in total. The van der Waals surface area contributed by atoms with Crippen LogP contribution in [0.15, 0.2) is 29.6 Å². The zero-order chi connectivity index (χ0) is 20.1. The van der Waals surface area contributed by atoms with E-state index in [2.05, 4.69) is 57.1 Å². The molecule has 3 aromatic heterocycles. The van der Waals surface area contributed by atoms with Crippen LogP contribution in [0.4, 0.5) is 16.2 Å². The highest BCUT2D eigenvalue weighted by Gasteiger charge is 2.28. The quantitative estimate of drug-likeness (QED) is 0.607. The number of hydrogen-bond donors (Lipinski definition) is 2. The molecular formula is C21H29FN6. The van der Waals surface area contributed by atoms with Gasteiger partial charge in [0.25, 0.3) is 0 Å². The van der Waals surface area contributed by atoms with E-state index in [1.807, 2.05) is 12.4 Å². The summed E-state index contributed by atoms with van der Waals surface area (Å²) >= 11 is 0. The molecule has 1 atom stereocenters. The molecule has 0 aromatic carbocycles. The molecule has 6 nitrogen and oxygen atoms in total. The lowest BCUT2D eigenvalue weighted by molar-refractivity contribution is 0.234. The van der Waals surface area contributed by atoms with Gasteiger partial charge in [0.15, 0.2) is 5.82 Å². The second-order valence-electron chi connectivity index (χ2n) is 8.34. The predicted molar refractivity (Wildman–Crippen MR) is 115 cm³/mol. The molecule has 0 fully saturated rings. The second kappa shape index (κ2) is 6.65. The van der Waals surface area contributed by atoms with Crippen molar-refractivity contribution in [3.05, 3.63) is 30.2 Å². The molecule has 0 bridgehead atoms. The van der Waals surface area contributed by atoms with Crippen LogP contribution >= 0.6 is 0 Å². The van der Waals surface area contributed by atoms with Gasteiger partial charge in [-0.25, -0.2) is 19.4 Å². The summed E-state index contributed by atoms with van der Waals surface area (Å²) in [6.45, 7) is 9.66. The van der Waals surface area contributed by atoms with Crippen LogP contribution in [0.2, 0.25) is 0 Å². The summed E-state index contributed by atoms with van der Waals surface area (Å²) < 4.78 is 13.7. The summed E-state index contributed by atoms with van der Waals surface area (Å²) in [5.41, 5.74) is 3.66. The Kier molecular flexibility index (Phi) is 4.40. The third kappa shape index (κ3) is 3.37. The van der Waals surface area contributed by atoms with Gasteiger partial charge in [0.05, 0.1) is 6.54 Å². The number of aromatic nitrogens is 4. The summed E-state index contributed by atoms with van der Waals surface area (Å²) in [7, 11) is 0. The summed E-state index contributed by atoms with van der Waals surface area (Å²) in [5, 5.41) is 3.84. The lowest BCUT2D eigenvalue weighted by Gasteiger charge is -2.16. The number of aromatic amines is 1. The number of rotatable bonds is 5. The fraction of sp³-hybridized carbons (Fsp3) is 0.429. The van der Waals surface area contributed by atoms with E-state index in [4.69, 9.17) is 0 Å². The normalized spacial score (nSPS) is 16.5. The minimum atomic E-state index is -1.33. The van der Waals surface area contributed by atoms with Crippen LogP contribution in [0.3, 0.4) is 0 Å². The van der Waals surface area contributed by atoms with E-state index in [0.29, 0.717) is 23.4 Å². The highest BCUT2D eigenvalue weighted by Crippen LogP contribution is 2.40. The average Bonchev–Trinajstić information content (AvgIpc) is 3.18. The Bertz CT molecular complexity index is 1070. The molecule has 1 unspecified atom stereocenters. The molecule has 0 saturated heterocycles. The molecule has 0 saturated carbocycles. The van der Waals surface area contributed by atoms with E-state index in [-0.39, 0.29) is 9.40 Å². The monoisotopic (exact) mass is 384 g/mol. The number of pyridine rings is 1. The first-order chi connectivity index (χ1) is 13.2. The summed E-state index contributed by atoms with van der Waals surface area (Å²) in [4.78, 5) is 21.2. The zero-order valence-electron chi connectivity index (χ0n) is 16.8. The van der Waals surface area contributed by atoms with E-state index in [1.165, 1.54) is 19.4 Å². The number of H-pyrrole nitrogens is 1. The van der Waals surface area contributed by atoms with E-state index < -0.39 is 5.67 Å². The van der Waals surface area contributed by atoms with Crippen LogP contribution in [-0.2, 0) is 0 Å². The molecule has 0 spiro atoms. The minimum Gasteiger partial charge on any atom is -0.351 e. The molecule has 0 radical (unpaired) electrons. The Balaban J connectivity index is 0.00000160. The maximum absolute atomic E-state index is 13.7. The van der Waals surface area contributed by atoms with Crippen molar-refractivity contribution in [2.45, 2.75) is 46.2 Å². The van der Waals surface area contributed by atoms with Crippen LogP contribution in [-0.4, -0.2) is 37.9 Å². The average molecular weight is 385 g/mol. The minimum absolute atomic E-state index is 0. The predicted octanol–water partition coefficient (Wildman–Crippen LogP) is 5.52. The van der Waals surface area contributed by atoms with Gasteiger partial charge in [-0.3, -0.25) is 0 Å². The molecule has 1 aliphatic rings. The van der Waals surface area contributed by atoms with Gasteiger partial charge in [0.1, 0.15) is 11.3 Å². The van der Waals surface area contributed by atoms with Crippen molar-refractivity contribution in [3.8, 4) is 11.1 Å². The molecule has 4 heterocycles. The van der Waals surface area contributed by atoms with Crippen LogP contribution in [0.5, 0.6) is 0 Å². The topological polar surface area (TPSA) is 78.8 Å². The highest BCUT2D eigenvalue weighted by atomic mass is 19.1. The first kappa shape index (κ1) is 18.5. The smallest absolute Gasteiger partial charge is 0.224 e. The largest absolute Gasteiger partial charge is 0.351 e. The molecule has 3 aromatic rings. The SMILES string of the molecule is CC1=Nc2ncc(-c3c[nH]c4nc(NCC(C)(C)F)ncc34)cc2C1C(C)C.[HH].[HH]. The van der Waals surface area contributed by atoms with Gasteiger partial charge in [-0.15, -0.1) is 0 Å². The number of fused-ring (bicyclic) bond motifs is 2. The van der Waals surface area contributed by atoms with Gasteiger partial charge in [0.2, 0.25) is 5.95 Å². The second-order valence-corrected chi connectivity index (χ2v) is 8.34. The fourth-order valence-electron chi connectivity index (χ4n) is 3.77. The van der Waals surface area contributed by atoms with E-state index in [1.54, 1.807) is 6.20 Å². The Hall–Kier alpha value is -2.83. The first-order valence-corrected chi connectivity index (χ1v) is 9.55. The molecular weight excluding hydrogens is 355 g/mol. The number of halogens is 1. The van der Waals surface area contributed by atoms with Crippen molar-refractivity contribution >= 4 is 28.5 Å². The lowest BCUT2D eigenvalue weighted by atomic mass is 9.86. The standard InChI is InChI=1S/C21H25FN6.2H2/c1-11(2)17-12(3)27-18-14(17)6-13(7-23-18)15-8-24-19-16(15)9-25-20(28-19)26-10-21(4,5)22;;/h6-9,11,17H,10H2,1-5H3,(H2,24,25,26,28);2*1H. The van der Waals surface area contributed by atoms with Gasteiger partial charge in [-0.05, 0) is 32.8 Å². The van der Waals surface area contributed by atoms with Crippen LogP contribution in [0.25, 0.3) is 22.2 Å². The van der Waals surface area contributed by atoms with Crippen molar-refractivity contribution in [1.29, 1.82) is 0 Å². The van der Waals surface area contributed by atoms with Gasteiger partial charge in [-0.2, -0.15) is 4.98 Å². The molecule has 0 amide bonds. The maximum atomic E-state index is 13.7. The molecule has 7 heteroatoms. The van der Waals surface area contributed by atoms with Crippen LogP contribution in [0, 0.1) is 5.92 Å². The van der Waals surface area contributed by atoms with Gasteiger partial charge in [0, 0.05) is 55.1 Å². The Morgan fingerprint density at radius 1 is 1.29 bits per heavy atom. The van der Waals surface area contributed by atoms with E-state index in [0.717, 1.165) is 28.0 Å². The summed E-state index contributed by atoms with van der Waals surface area (Å²) in [6, 6.07) is 2.17. The van der Waals surface area contributed by atoms with Crippen molar-refractivity contribution < 1.29 is 7.24 Å². The summed E-state index contributed by atoms with van der Waals surface area (Å²) in [6.07, 6.45) is 5.52. The number of hydrogen-bond acceptors (Lipinski definition) is 5. The fourth-order valence-corrected chi connectivity index (χ4v) is 3.77. The first-order valence-electron chi connectivity index (χ1n) is 9.55. The third-order valence-electron chi connectivity index (χ3n) is 5.04. The van der Waals surface area contributed by atoms with Gasteiger partial charge >= 0.3 is 0 Å². The number of alkyl halides is 1. The molecule has 28 heavy (non-hydrogen) atoms. The van der Waals surface area contributed by atoms with Crippen molar-refractivity contribution in [2.75, 3.05) is 11.9 Å². The van der Waals surface area contributed by atoms with Gasteiger partial charge in [-0.1, -0.05) is 13.8 Å². The van der Waals surface area contributed by atoms with Crippen molar-refractivity contribution in [2.24, 2.45) is 10.9 Å². The Labute approximate surface area is 166 Å². The van der Waals surface area contributed by atoms with Crippen molar-refractivity contribution in [3.63, 3.8) is 0 Å². The van der Waals surface area contributed by atoms with E-state index in [9.17, 15) is 4.39 Å². The van der Waals surface area contributed by atoms with Gasteiger partial charge < -0.3 is 10.3 Å². The highest BCUT2D eigenvalue weighted by molar-refractivity contribution is 5.98. The summed E-state index contributed by atoms with van der Waals surface area (Å²) in [5.74, 6) is 1.98. The maximum Gasteiger partial charge on any atom is 0.224 e. The Morgan fingerprint density at radius 2 is 2.07 bits per heavy atom. The number of nitrogens with zero attached hydrogens (tertiary/aromatic N) is 4. The van der Waals surface area contributed by atoms with E-state index >= 15 is 0 Å². The lowest BCUT2D eigenvalue weighted by Crippen LogP contribution is -2.25. The van der Waals surface area contributed by atoms with Crippen molar-refractivity contribution in [1.82, 2.24) is 19.9 Å². The number of anilines is 1. The van der Waals surface area contributed by atoms with Crippen LogP contribution in [0.1, 0.15) is 49.0 Å².